The van der Waals surface area contributed by atoms with Crippen LogP contribution in [0.5, 0.6) is 0 Å². The Morgan fingerprint density at radius 3 is 2.25 bits per heavy atom. The molecular formula is C17H25NO2. The van der Waals surface area contributed by atoms with Gasteiger partial charge in [-0.15, -0.1) is 0 Å². The highest BCUT2D eigenvalue weighted by molar-refractivity contribution is 5.73. The van der Waals surface area contributed by atoms with Gasteiger partial charge in [0.15, 0.2) is 0 Å². The Bertz CT molecular complexity index is 419. The van der Waals surface area contributed by atoms with Crippen molar-refractivity contribution in [2.75, 3.05) is 13.1 Å². The maximum atomic E-state index is 11.7. The topological polar surface area (TPSA) is 29.5 Å². The first-order valence-corrected chi connectivity index (χ1v) is 7.69. The third-order valence-electron chi connectivity index (χ3n) is 4.14. The van der Waals surface area contributed by atoms with Crippen LogP contribution in [0.3, 0.4) is 0 Å². The van der Waals surface area contributed by atoms with Crippen molar-refractivity contribution in [2.45, 2.75) is 46.3 Å². The quantitative estimate of drug-likeness (QED) is 0.715. The highest BCUT2D eigenvalue weighted by atomic mass is 16.5. The van der Waals surface area contributed by atoms with Gasteiger partial charge in [-0.1, -0.05) is 44.5 Å². The molecule has 0 spiro atoms. The molecule has 0 aliphatic heterocycles. The lowest BCUT2D eigenvalue weighted by Gasteiger charge is -2.23. The molecule has 0 aromatic heterocycles. The van der Waals surface area contributed by atoms with Gasteiger partial charge in [-0.05, 0) is 37.1 Å². The van der Waals surface area contributed by atoms with Gasteiger partial charge in [-0.25, -0.2) is 0 Å². The average Bonchev–Trinajstić information content (AvgIpc) is 2.42. The summed E-state index contributed by atoms with van der Waals surface area (Å²) in [5, 5.41) is 0. The van der Waals surface area contributed by atoms with E-state index in [0.717, 1.165) is 38.0 Å². The van der Waals surface area contributed by atoms with Crippen LogP contribution in [0, 0.1) is 5.92 Å². The Labute approximate surface area is 121 Å². The first kappa shape index (κ1) is 15.0. The van der Waals surface area contributed by atoms with Crippen molar-refractivity contribution < 1.29 is 9.53 Å². The standard InChI is InChI=1S/C17H25NO2/c1-3-18(4-2)12-14-8-10-15(11-9-14)13-20-17(19)16-6-5-7-16/h8-11,16H,3-7,12-13H2,1-2H3. The van der Waals surface area contributed by atoms with E-state index < -0.39 is 0 Å². The Morgan fingerprint density at radius 1 is 1.15 bits per heavy atom. The Balaban J connectivity index is 1.80. The van der Waals surface area contributed by atoms with Crippen LogP contribution < -0.4 is 0 Å². The molecule has 3 heteroatoms. The zero-order valence-corrected chi connectivity index (χ0v) is 12.6. The number of carbonyl (C=O) groups excluding carboxylic acids is 1. The van der Waals surface area contributed by atoms with E-state index in [1.807, 2.05) is 0 Å². The number of carbonyl (C=O) groups is 1. The molecule has 1 aromatic rings. The molecule has 1 aliphatic rings. The summed E-state index contributed by atoms with van der Waals surface area (Å²) in [5.41, 5.74) is 2.38. The third-order valence-corrected chi connectivity index (χ3v) is 4.14. The summed E-state index contributed by atoms with van der Waals surface area (Å²) in [6.45, 7) is 7.88. The second kappa shape index (κ2) is 7.44. The molecule has 1 aliphatic carbocycles. The largest absolute Gasteiger partial charge is 0.461 e. The van der Waals surface area contributed by atoms with E-state index in [0.29, 0.717) is 6.61 Å². The van der Waals surface area contributed by atoms with Gasteiger partial charge in [0, 0.05) is 6.54 Å². The second-order valence-corrected chi connectivity index (χ2v) is 5.51. The Hall–Kier alpha value is -1.35. The molecule has 2 rings (SSSR count). The smallest absolute Gasteiger partial charge is 0.309 e. The summed E-state index contributed by atoms with van der Waals surface area (Å²) in [6, 6.07) is 8.38. The van der Waals surface area contributed by atoms with Crippen molar-refractivity contribution in [1.29, 1.82) is 0 Å². The summed E-state index contributed by atoms with van der Waals surface area (Å²) < 4.78 is 5.35. The molecule has 110 valence electrons. The summed E-state index contributed by atoms with van der Waals surface area (Å²) in [4.78, 5) is 14.0. The lowest BCUT2D eigenvalue weighted by atomic mass is 9.86. The first-order chi connectivity index (χ1) is 9.72. The fourth-order valence-electron chi connectivity index (χ4n) is 2.36. The number of benzene rings is 1. The number of ether oxygens (including phenoxy) is 1. The SMILES string of the molecule is CCN(CC)Cc1ccc(COC(=O)C2CCC2)cc1. The van der Waals surface area contributed by atoms with Gasteiger partial charge in [-0.3, -0.25) is 9.69 Å². The van der Waals surface area contributed by atoms with Crippen LogP contribution in [0.15, 0.2) is 24.3 Å². The monoisotopic (exact) mass is 275 g/mol. The molecule has 0 heterocycles. The molecule has 0 radical (unpaired) electrons. The van der Waals surface area contributed by atoms with Crippen LogP contribution in [0.25, 0.3) is 0 Å². The molecule has 3 nitrogen and oxygen atoms in total. The minimum absolute atomic E-state index is 0.0246. The first-order valence-electron chi connectivity index (χ1n) is 7.69. The molecule has 0 N–H and O–H groups in total. The van der Waals surface area contributed by atoms with Crippen molar-refractivity contribution in [3.8, 4) is 0 Å². The van der Waals surface area contributed by atoms with Crippen molar-refractivity contribution in [3.63, 3.8) is 0 Å². The van der Waals surface area contributed by atoms with Crippen LogP contribution >= 0.6 is 0 Å². The molecule has 1 fully saturated rings. The van der Waals surface area contributed by atoms with E-state index in [9.17, 15) is 4.79 Å². The normalized spacial score (nSPS) is 15.2. The predicted octanol–water partition coefficient (Wildman–Crippen LogP) is 3.37. The average molecular weight is 275 g/mol. The molecule has 1 saturated carbocycles. The number of rotatable bonds is 7. The van der Waals surface area contributed by atoms with Gasteiger partial charge in [0.25, 0.3) is 0 Å². The highest BCUT2D eigenvalue weighted by Crippen LogP contribution is 2.27. The molecule has 0 saturated heterocycles. The van der Waals surface area contributed by atoms with Gasteiger partial charge in [-0.2, -0.15) is 0 Å². The molecule has 1 aromatic carbocycles. The molecule has 0 amide bonds. The fourth-order valence-corrected chi connectivity index (χ4v) is 2.36. The minimum atomic E-state index is -0.0246. The van der Waals surface area contributed by atoms with Crippen molar-refractivity contribution >= 4 is 5.97 Å². The van der Waals surface area contributed by atoms with E-state index in [1.165, 1.54) is 12.0 Å². The predicted molar refractivity (Wildman–Crippen MR) is 80.2 cm³/mol. The van der Waals surface area contributed by atoms with E-state index in [1.54, 1.807) is 0 Å². The van der Waals surface area contributed by atoms with Gasteiger partial charge >= 0.3 is 5.97 Å². The maximum absolute atomic E-state index is 11.7. The van der Waals surface area contributed by atoms with E-state index in [2.05, 4.69) is 43.0 Å². The second-order valence-electron chi connectivity index (χ2n) is 5.51. The van der Waals surface area contributed by atoms with Crippen LogP contribution in [0.1, 0.15) is 44.2 Å². The van der Waals surface area contributed by atoms with Crippen LogP contribution in [-0.4, -0.2) is 24.0 Å². The zero-order chi connectivity index (χ0) is 14.4. The number of nitrogens with zero attached hydrogens (tertiary/aromatic N) is 1. The van der Waals surface area contributed by atoms with Crippen molar-refractivity contribution in [1.82, 2.24) is 4.90 Å². The van der Waals surface area contributed by atoms with E-state index in [4.69, 9.17) is 4.74 Å². The highest BCUT2D eigenvalue weighted by Gasteiger charge is 2.26. The fraction of sp³-hybridized carbons (Fsp3) is 0.588. The molecular weight excluding hydrogens is 250 g/mol. The van der Waals surface area contributed by atoms with Crippen LogP contribution in [0.2, 0.25) is 0 Å². The van der Waals surface area contributed by atoms with E-state index >= 15 is 0 Å². The maximum Gasteiger partial charge on any atom is 0.309 e. The van der Waals surface area contributed by atoms with Crippen LogP contribution in [-0.2, 0) is 22.7 Å². The van der Waals surface area contributed by atoms with Crippen molar-refractivity contribution in [3.05, 3.63) is 35.4 Å². The van der Waals surface area contributed by atoms with Gasteiger partial charge in [0.1, 0.15) is 6.61 Å². The lowest BCUT2D eigenvalue weighted by molar-refractivity contribution is -0.152. The molecule has 20 heavy (non-hydrogen) atoms. The summed E-state index contributed by atoms with van der Waals surface area (Å²) in [6.07, 6.45) is 3.17. The lowest BCUT2D eigenvalue weighted by Crippen LogP contribution is -2.24. The number of hydrogen-bond acceptors (Lipinski definition) is 3. The number of hydrogen-bond donors (Lipinski definition) is 0. The molecule has 0 atom stereocenters. The van der Waals surface area contributed by atoms with Crippen molar-refractivity contribution in [2.24, 2.45) is 5.92 Å². The number of esters is 1. The van der Waals surface area contributed by atoms with Gasteiger partial charge in [0.2, 0.25) is 0 Å². The van der Waals surface area contributed by atoms with Gasteiger partial charge in [0.05, 0.1) is 5.92 Å². The minimum Gasteiger partial charge on any atom is -0.461 e. The zero-order valence-electron chi connectivity index (χ0n) is 12.6. The Kier molecular flexibility index (Phi) is 5.60. The van der Waals surface area contributed by atoms with E-state index in [-0.39, 0.29) is 11.9 Å². The summed E-state index contributed by atoms with van der Waals surface area (Å²) in [5.74, 6) is 0.139. The Morgan fingerprint density at radius 2 is 1.75 bits per heavy atom. The third kappa shape index (κ3) is 4.07. The van der Waals surface area contributed by atoms with Gasteiger partial charge < -0.3 is 4.74 Å². The summed E-state index contributed by atoms with van der Waals surface area (Å²) >= 11 is 0. The summed E-state index contributed by atoms with van der Waals surface area (Å²) in [7, 11) is 0. The molecule has 0 bridgehead atoms. The molecule has 0 unspecified atom stereocenters. The van der Waals surface area contributed by atoms with Crippen LogP contribution in [0.4, 0.5) is 0 Å².